The van der Waals surface area contributed by atoms with Gasteiger partial charge < -0.3 is 9.47 Å². The third-order valence-electron chi connectivity index (χ3n) is 7.42. The average molecular weight is 515 g/mol. The van der Waals surface area contributed by atoms with Crippen molar-refractivity contribution in [3.05, 3.63) is 78.4 Å². The second kappa shape index (κ2) is 17.8. The van der Waals surface area contributed by atoms with Crippen LogP contribution < -0.4 is 4.74 Å². The molecule has 0 saturated heterocycles. The van der Waals surface area contributed by atoms with E-state index in [9.17, 15) is 0 Å². The van der Waals surface area contributed by atoms with Crippen LogP contribution in [0, 0.1) is 0 Å². The van der Waals surface area contributed by atoms with Crippen LogP contribution in [0.2, 0.25) is 0 Å². The van der Waals surface area contributed by atoms with Crippen LogP contribution in [-0.4, -0.2) is 13.2 Å². The number of benzene rings is 3. The summed E-state index contributed by atoms with van der Waals surface area (Å²) in [5.74, 6) is 0.941. The van der Waals surface area contributed by atoms with E-state index in [4.69, 9.17) is 9.47 Å². The van der Waals surface area contributed by atoms with E-state index in [1.165, 1.54) is 85.6 Å². The van der Waals surface area contributed by atoms with E-state index in [0.717, 1.165) is 38.2 Å². The summed E-state index contributed by atoms with van der Waals surface area (Å²) < 4.78 is 12.0. The zero-order valence-electron chi connectivity index (χ0n) is 24.2. The Labute approximate surface area is 232 Å². The van der Waals surface area contributed by atoms with Gasteiger partial charge in [-0.1, -0.05) is 139 Å². The van der Waals surface area contributed by atoms with Gasteiger partial charge in [0.05, 0.1) is 12.7 Å². The van der Waals surface area contributed by atoms with Gasteiger partial charge in [-0.3, -0.25) is 0 Å². The Bertz CT molecular complexity index is 1010. The molecule has 1 unspecified atom stereocenters. The Morgan fingerprint density at radius 1 is 0.526 bits per heavy atom. The van der Waals surface area contributed by atoms with Crippen LogP contribution in [0.25, 0.3) is 22.3 Å². The molecule has 0 amide bonds. The first-order valence-electron chi connectivity index (χ1n) is 15.3. The zero-order chi connectivity index (χ0) is 26.8. The average Bonchev–Trinajstić information content (AvgIpc) is 2.96. The minimum atomic E-state index is 0.123. The lowest BCUT2D eigenvalue weighted by Crippen LogP contribution is -2.02. The fourth-order valence-electron chi connectivity index (χ4n) is 4.93. The smallest absolute Gasteiger partial charge is 0.119 e. The molecule has 0 aromatic heterocycles. The van der Waals surface area contributed by atoms with Gasteiger partial charge in [0.2, 0.25) is 0 Å². The molecule has 0 radical (unpaired) electrons. The molecule has 2 heteroatoms. The highest BCUT2D eigenvalue weighted by atomic mass is 16.5. The van der Waals surface area contributed by atoms with Crippen molar-refractivity contribution in [3.8, 4) is 28.0 Å². The zero-order valence-corrected chi connectivity index (χ0v) is 24.2. The summed E-state index contributed by atoms with van der Waals surface area (Å²) >= 11 is 0. The van der Waals surface area contributed by atoms with Crippen LogP contribution in [0.1, 0.15) is 109 Å². The molecule has 3 rings (SSSR count). The van der Waals surface area contributed by atoms with E-state index in [2.05, 4.69) is 93.6 Å². The summed E-state index contributed by atoms with van der Waals surface area (Å²) in [6, 6.07) is 26.0. The maximum Gasteiger partial charge on any atom is 0.119 e. The van der Waals surface area contributed by atoms with E-state index >= 15 is 0 Å². The number of hydrogen-bond acceptors (Lipinski definition) is 2. The van der Waals surface area contributed by atoms with Crippen LogP contribution in [-0.2, 0) is 4.74 Å². The van der Waals surface area contributed by atoms with E-state index in [-0.39, 0.29) is 6.10 Å². The van der Waals surface area contributed by atoms with Crippen molar-refractivity contribution in [2.45, 2.75) is 104 Å². The third kappa shape index (κ3) is 10.3. The summed E-state index contributed by atoms with van der Waals surface area (Å²) in [4.78, 5) is 0. The normalized spacial score (nSPS) is 12.0. The summed E-state index contributed by atoms with van der Waals surface area (Å²) in [5, 5.41) is 0. The number of hydrogen-bond donors (Lipinski definition) is 0. The lowest BCUT2D eigenvalue weighted by molar-refractivity contribution is 0.0627. The maximum atomic E-state index is 6.17. The molecule has 3 aromatic rings. The van der Waals surface area contributed by atoms with Crippen LogP contribution in [0.4, 0.5) is 0 Å². The molecule has 0 aliphatic rings. The standard InChI is InChI=1S/C36H50O2/c1-4-6-8-9-10-11-12-13-14-17-29-37-30(3)31-20-22-32(23-21-31)35-18-15-16-19-36(35)33-24-26-34(27-25-33)38-28-7-5-2/h15-16,18-27,30H,4-14,17,28-29H2,1-3H3. The highest BCUT2D eigenvalue weighted by Crippen LogP contribution is 2.33. The van der Waals surface area contributed by atoms with Crippen molar-refractivity contribution in [2.75, 3.05) is 13.2 Å². The van der Waals surface area contributed by atoms with Gasteiger partial charge in [0.1, 0.15) is 5.75 Å². The Balaban J connectivity index is 1.46. The van der Waals surface area contributed by atoms with Crippen LogP contribution in [0.5, 0.6) is 5.75 Å². The van der Waals surface area contributed by atoms with Gasteiger partial charge in [-0.2, -0.15) is 0 Å². The first-order valence-corrected chi connectivity index (χ1v) is 15.3. The lowest BCUT2D eigenvalue weighted by atomic mass is 9.94. The predicted octanol–water partition coefficient (Wildman–Crippen LogP) is 11.2. The third-order valence-corrected chi connectivity index (χ3v) is 7.42. The molecule has 3 aromatic carbocycles. The Hall–Kier alpha value is -2.58. The minimum absolute atomic E-state index is 0.123. The molecule has 0 spiro atoms. The van der Waals surface area contributed by atoms with Crippen molar-refractivity contribution >= 4 is 0 Å². The minimum Gasteiger partial charge on any atom is -0.494 e. The maximum absolute atomic E-state index is 6.17. The molecule has 1 atom stereocenters. The Kier molecular flexibility index (Phi) is 14.1. The molecular weight excluding hydrogens is 464 g/mol. The van der Waals surface area contributed by atoms with Crippen molar-refractivity contribution in [1.82, 2.24) is 0 Å². The van der Waals surface area contributed by atoms with Gasteiger partial charge in [-0.05, 0) is 59.7 Å². The first-order chi connectivity index (χ1) is 18.7. The van der Waals surface area contributed by atoms with Crippen molar-refractivity contribution in [2.24, 2.45) is 0 Å². The van der Waals surface area contributed by atoms with E-state index in [0.29, 0.717) is 0 Å². The van der Waals surface area contributed by atoms with Crippen LogP contribution >= 0.6 is 0 Å². The van der Waals surface area contributed by atoms with Gasteiger partial charge in [0.25, 0.3) is 0 Å². The van der Waals surface area contributed by atoms with E-state index in [1.54, 1.807) is 0 Å². The lowest BCUT2D eigenvalue weighted by Gasteiger charge is -2.15. The SMILES string of the molecule is CCCCCCCCCCCCOC(C)c1ccc(-c2ccccc2-c2ccc(OCCCC)cc2)cc1. The summed E-state index contributed by atoms with van der Waals surface area (Å²) in [7, 11) is 0. The predicted molar refractivity (Wildman–Crippen MR) is 164 cm³/mol. The molecule has 0 aliphatic heterocycles. The molecule has 2 nitrogen and oxygen atoms in total. The van der Waals surface area contributed by atoms with Gasteiger partial charge >= 0.3 is 0 Å². The van der Waals surface area contributed by atoms with Crippen molar-refractivity contribution < 1.29 is 9.47 Å². The molecule has 206 valence electrons. The second-order valence-electron chi connectivity index (χ2n) is 10.6. The molecule has 0 fully saturated rings. The van der Waals surface area contributed by atoms with Crippen LogP contribution in [0.15, 0.2) is 72.8 Å². The molecule has 0 saturated carbocycles. The largest absolute Gasteiger partial charge is 0.494 e. The number of rotatable bonds is 19. The summed E-state index contributed by atoms with van der Waals surface area (Å²) in [6.07, 6.45) is 15.9. The topological polar surface area (TPSA) is 18.5 Å². The van der Waals surface area contributed by atoms with Gasteiger partial charge in [-0.15, -0.1) is 0 Å². The number of unbranched alkanes of at least 4 members (excludes halogenated alkanes) is 10. The fraction of sp³-hybridized carbons (Fsp3) is 0.500. The van der Waals surface area contributed by atoms with Crippen molar-refractivity contribution in [1.29, 1.82) is 0 Å². The molecular formula is C36H50O2. The summed E-state index contributed by atoms with van der Waals surface area (Å²) in [5.41, 5.74) is 6.17. The Morgan fingerprint density at radius 3 is 1.58 bits per heavy atom. The molecule has 38 heavy (non-hydrogen) atoms. The van der Waals surface area contributed by atoms with Gasteiger partial charge in [-0.25, -0.2) is 0 Å². The van der Waals surface area contributed by atoms with Gasteiger partial charge in [0.15, 0.2) is 0 Å². The van der Waals surface area contributed by atoms with E-state index in [1.807, 2.05) is 0 Å². The van der Waals surface area contributed by atoms with Crippen molar-refractivity contribution in [3.63, 3.8) is 0 Å². The van der Waals surface area contributed by atoms with Crippen LogP contribution in [0.3, 0.4) is 0 Å². The quantitative estimate of drug-likeness (QED) is 0.148. The Morgan fingerprint density at radius 2 is 1.03 bits per heavy atom. The molecule has 0 aliphatic carbocycles. The monoisotopic (exact) mass is 514 g/mol. The van der Waals surface area contributed by atoms with E-state index < -0.39 is 0 Å². The fourth-order valence-corrected chi connectivity index (χ4v) is 4.93. The highest BCUT2D eigenvalue weighted by Gasteiger charge is 2.10. The molecule has 0 bridgehead atoms. The first kappa shape index (κ1) is 30.0. The second-order valence-corrected chi connectivity index (χ2v) is 10.6. The molecule has 0 heterocycles. The number of ether oxygens (including phenoxy) is 2. The summed E-state index contributed by atoms with van der Waals surface area (Å²) in [6.45, 7) is 8.26. The molecule has 0 N–H and O–H groups in total. The van der Waals surface area contributed by atoms with Gasteiger partial charge in [0, 0.05) is 6.61 Å². The highest BCUT2D eigenvalue weighted by molar-refractivity contribution is 5.83.